The fourth-order valence-electron chi connectivity index (χ4n) is 4.02. The molecule has 3 heterocycles. The monoisotopic (exact) mass is 420 g/mol. The van der Waals surface area contributed by atoms with Crippen LogP contribution in [0.1, 0.15) is 30.8 Å². The van der Waals surface area contributed by atoms with Crippen molar-refractivity contribution in [3.8, 4) is 23.8 Å². The van der Waals surface area contributed by atoms with E-state index in [1.54, 1.807) is 20.5 Å². The smallest absolute Gasteiger partial charge is 0.162 e. The Morgan fingerprint density at radius 3 is 2.55 bits per heavy atom. The van der Waals surface area contributed by atoms with Crippen molar-refractivity contribution in [1.29, 1.82) is 0 Å². The number of ether oxygens (including phenoxy) is 2. The molecule has 1 aliphatic heterocycles. The van der Waals surface area contributed by atoms with Gasteiger partial charge in [-0.15, -0.1) is 6.42 Å². The fourth-order valence-corrected chi connectivity index (χ4v) is 4.02. The molecule has 0 atom stereocenters. The number of nitrogens with zero attached hydrogens (tertiary/aromatic N) is 4. The first-order valence-electron chi connectivity index (χ1n) is 10.6. The van der Waals surface area contributed by atoms with Crippen LogP contribution in [0.5, 0.6) is 11.5 Å². The van der Waals surface area contributed by atoms with Crippen LogP contribution in [0.2, 0.25) is 0 Å². The number of furan rings is 1. The predicted octanol–water partition coefficient (Wildman–Crippen LogP) is 3.87. The van der Waals surface area contributed by atoms with Gasteiger partial charge in [0.15, 0.2) is 11.5 Å². The van der Waals surface area contributed by atoms with Gasteiger partial charge in [-0.25, -0.2) is 9.97 Å². The van der Waals surface area contributed by atoms with Crippen molar-refractivity contribution < 1.29 is 13.9 Å². The van der Waals surface area contributed by atoms with Crippen LogP contribution in [0.15, 0.2) is 34.9 Å². The quantitative estimate of drug-likeness (QED) is 0.513. The van der Waals surface area contributed by atoms with Gasteiger partial charge in [0, 0.05) is 24.5 Å². The third kappa shape index (κ3) is 4.75. The van der Waals surface area contributed by atoms with E-state index < -0.39 is 0 Å². The van der Waals surface area contributed by atoms with Crippen LogP contribution in [0.25, 0.3) is 10.9 Å². The first-order chi connectivity index (χ1) is 15.2. The van der Waals surface area contributed by atoms with Gasteiger partial charge in [0.1, 0.15) is 17.4 Å². The first kappa shape index (κ1) is 21.0. The summed E-state index contributed by atoms with van der Waals surface area (Å²) >= 11 is 0. The largest absolute Gasteiger partial charge is 0.493 e. The van der Waals surface area contributed by atoms with E-state index in [1.165, 1.54) is 6.42 Å². The lowest BCUT2D eigenvalue weighted by Gasteiger charge is -2.29. The van der Waals surface area contributed by atoms with Gasteiger partial charge in [0.25, 0.3) is 0 Å². The van der Waals surface area contributed by atoms with Crippen molar-refractivity contribution in [2.24, 2.45) is 0 Å². The highest BCUT2D eigenvalue weighted by molar-refractivity contribution is 5.92. The molecule has 0 aliphatic carbocycles. The van der Waals surface area contributed by atoms with Gasteiger partial charge >= 0.3 is 0 Å². The Labute approximate surface area is 183 Å². The Hall–Kier alpha value is -3.24. The summed E-state index contributed by atoms with van der Waals surface area (Å²) in [6.07, 6.45) is 10.9. The van der Waals surface area contributed by atoms with E-state index in [1.807, 2.05) is 24.3 Å². The van der Waals surface area contributed by atoms with Crippen molar-refractivity contribution in [1.82, 2.24) is 14.9 Å². The van der Waals surface area contributed by atoms with Crippen molar-refractivity contribution >= 4 is 16.7 Å². The summed E-state index contributed by atoms with van der Waals surface area (Å²) in [5.41, 5.74) is 0.835. The summed E-state index contributed by atoms with van der Waals surface area (Å²) in [5.74, 6) is 6.59. The number of hydrogen-bond acceptors (Lipinski definition) is 7. The Bertz CT molecular complexity index is 1050. The van der Waals surface area contributed by atoms with Crippen LogP contribution in [0.3, 0.4) is 0 Å². The molecular weight excluding hydrogens is 392 g/mol. The van der Waals surface area contributed by atoms with Gasteiger partial charge in [-0.2, -0.15) is 0 Å². The summed E-state index contributed by atoms with van der Waals surface area (Å²) in [7, 11) is 3.28. The molecule has 1 fully saturated rings. The highest BCUT2D eigenvalue weighted by atomic mass is 16.5. The highest BCUT2D eigenvalue weighted by Crippen LogP contribution is 2.36. The zero-order valence-corrected chi connectivity index (χ0v) is 18.1. The van der Waals surface area contributed by atoms with E-state index >= 15 is 0 Å². The Balaban J connectivity index is 1.74. The zero-order valence-electron chi connectivity index (χ0n) is 18.1. The van der Waals surface area contributed by atoms with Gasteiger partial charge in [0.05, 0.1) is 45.6 Å². The minimum atomic E-state index is 0.479. The minimum absolute atomic E-state index is 0.479. The molecule has 162 valence electrons. The molecule has 4 rings (SSSR count). The van der Waals surface area contributed by atoms with E-state index in [-0.39, 0.29) is 0 Å². The molecule has 0 spiro atoms. The number of rotatable bonds is 8. The molecule has 0 bridgehead atoms. The summed E-state index contributed by atoms with van der Waals surface area (Å²) in [4.78, 5) is 14.3. The number of piperidine rings is 1. The minimum Gasteiger partial charge on any atom is -0.493 e. The molecule has 3 aromatic rings. The summed E-state index contributed by atoms with van der Waals surface area (Å²) < 4.78 is 16.5. The lowest BCUT2D eigenvalue weighted by atomic mass is 10.1. The van der Waals surface area contributed by atoms with Crippen LogP contribution < -0.4 is 14.4 Å². The molecular formula is C24H28N4O3. The standard InChI is InChI=1S/C24H28N4O3/c1-4-10-27(16-18-9-8-13-31-18)17-23-25-20-15-22(30-3)21(29-2)14-19(20)24(26-23)28-11-6-5-7-12-28/h1,8-9,13-15H,5-7,10-12,16-17H2,2-3H3. The second-order valence-corrected chi connectivity index (χ2v) is 7.66. The third-order valence-corrected chi connectivity index (χ3v) is 5.52. The number of methoxy groups -OCH3 is 2. The molecule has 0 saturated carbocycles. The number of anilines is 1. The lowest BCUT2D eigenvalue weighted by Crippen LogP contribution is -2.31. The Morgan fingerprint density at radius 1 is 1.10 bits per heavy atom. The number of aromatic nitrogens is 2. The molecule has 0 radical (unpaired) electrons. The predicted molar refractivity (Wildman–Crippen MR) is 120 cm³/mol. The second-order valence-electron chi connectivity index (χ2n) is 7.66. The molecule has 7 heteroatoms. The van der Waals surface area contributed by atoms with Crippen LogP contribution >= 0.6 is 0 Å². The highest BCUT2D eigenvalue weighted by Gasteiger charge is 2.20. The van der Waals surface area contributed by atoms with E-state index in [2.05, 4.69) is 15.7 Å². The van der Waals surface area contributed by atoms with E-state index in [9.17, 15) is 0 Å². The maximum atomic E-state index is 5.62. The van der Waals surface area contributed by atoms with Gasteiger partial charge in [0.2, 0.25) is 0 Å². The summed E-state index contributed by atoms with van der Waals surface area (Å²) in [6.45, 7) is 3.58. The summed E-state index contributed by atoms with van der Waals surface area (Å²) in [5, 5.41) is 0.970. The molecule has 1 aliphatic rings. The number of fused-ring (bicyclic) bond motifs is 1. The average molecular weight is 421 g/mol. The molecule has 0 unspecified atom stereocenters. The van der Waals surface area contributed by atoms with Crippen molar-refractivity contribution in [3.05, 3.63) is 42.1 Å². The average Bonchev–Trinajstić information content (AvgIpc) is 3.31. The zero-order chi connectivity index (χ0) is 21.6. The van der Waals surface area contributed by atoms with Crippen LogP contribution in [-0.2, 0) is 13.1 Å². The van der Waals surface area contributed by atoms with Crippen molar-refractivity contribution in [2.45, 2.75) is 32.4 Å². The number of terminal acetylenes is 1. The van der Waals surface area contributed by atoms with E-state index in [4.69, 9.17) is 30.3 Å². The number of hydrogen-bond donors (Lipinski definition) is 0. The third-order valence-electron chi connectivity index (χ3n) is 5.52. The number of benzene rings is 1. The van der Waals surface area contributed by atoms with E-state index in [0.29, 0.717) is 31.1 Å². The van der Waals surface area contributed by atoms with Crippen LogP contribution in [-0.4, -0.2) is 48.7 Å². The maximum Gasteiger partial charge on any atom is 0.162 e. The van der Waals surface area contributed by atoms with Crippen LogP contribution in [0.4, 0.5) is 5.82 Å². The van der Waals surface area contributed by atoms with Gasteiger partial charge in [-0.05, 0) is 37.5 Å². The fraction of sp³-hybridized carbons (Fsp3) is 0.417. The topological polar surface area (TPSA) is 63.9 Å². The molecule has 1 aromatic carbocycles. The first-order valence-corrected chi connectivity index (χ1v) is 10.6. The lowest BCUT2D eigenvalue weighted by molar-refractivity contribution is 0.258. The Morgan fingerprint density at radius 2 is 1.87 bits per heavy atom. The van der Waals surface area contributed by atoms with E-state index in [0.717, 1.165) is 54.2 Å². The molecule has 1 saturated heterocycles. The maximum absolute atomic E-state index is 5.62. The van der Waals surface area contributed by atoms with Crippen molar-refractivity contribution in [3.63, 3.8) is 0 Å². The van der Waals surface area contributed by atoms with Gasteiger partial charge < -0.3 is 18.8 Å². The Kier molecular flexibility index (Phi) is 6.58. The molecule has 7 nitrogen and oxygen atoms in total. The second kappa shape index (κ2) is 9.71. The molecule has 0 amide bonds. The molecule has 31 heavy (non-hydrogen) atoms. The van der Waals surface area contributed by atoms with Crippen molar-refractivity contribution in [2.75, 3.05) is 38.8 Å². The van der Waals surface area contributed by atoms with Gasteiger partial charge in [-0.1, -0.05) is 5.92 Å². The summed E-state index contributed by atoms with van der Waals surface area (Å²) in [6, 6.07) is 7.72. The van der Waals surface area contributed by atoms with Gasteiger partial charge in [-0.3, -0.25) is 4.90 Å². The normalized spacial score (nSPS) is 14.1. The molecule has 0 N–H and O–H groups in total. The SMILES string of the molecule is C#CCN(Cc1nc(N2CCCCC2)c2cc(OC)c(OC)cc2n1)Cc1ccco1. The molecule has 2 aromatic heterocycles. The van der Waals surface area contributed by atoms with Crippen LogP contribution in [0, 0.1) is 12.3 Å².